The summed E-state index contributed by atoms with van der Waals surface area (Å²) >= 11 is 1.82. The minimum absolute atomic E-state index is 0. The summed E-state index contributed by atoms with van der Waals surface area (Å²) in [4.78, 5) is 19.8. The van der Waals surface area contributed by atoms with Crippen molar-refractivity contribution in [2.75, 3.05) is 17.6 Å². The van der Waals surface area contributed by atoms with Gasteiger partial charge in [0.25, 0.3) is 0 Å². The third-order valence-corrected chi connectivity index (χ3v) is 6.21. The van der Waals surface area contributed by atoms with Crippen molar-refractivity contribution in [1.29, 1.82) is 0 Å². The number of nitrogens with one attached hydrogen (secondary N) is 1. The average molecular weight is 396 g/mol. The normalized spacial score (nSPS) is 22.3. The summed E-state index contributed by atoms with van der Waals surface area (Å²) in [5.41, 5.74) is 2.08. The first kappa shape index (κ1) is 21.1. The molecule has 1 heterocycles. The number of rotatable bonds is 5. The zero-order valence-corrected chi connectivity index (χ0v) is 17.4. The van der Waals surface area contributed by atoms with Crippen molar-refractivity contribution in [3.63, 3.8) is 0 Å². The zero-order chi connectivity index (χ0) is 17.6. The van der Waals surface area contributed by atoms with Crippen LogP contribution in [-0.2, 0) is 4.79 Å². The summed E-state index contributed by atoms with van der Waals surface area (Å²) in [7, 11) is 0. The Morgan fingerprint density at radius 3 is 2.58 bits per heavy atom. The molecule has 3 rings (SSSR count). The van der Waals surface area contributed by atoms with Gasteiger partial charge in [-0.1, -0.05) is 48.7 Å². The van der Waals surface area contributed by atoms with Crippen molar-refractivity contribution in [3.8, 4) is 0 Å². The summed E-state index contributed by atoms with van der Waals surface area (Å²) in [6.45, 7) is 5.13. The van der Waals surface area contributed by atoms with Crippen molar-refractivity contribution in [3.05, 3.63) is 29.8 Å². The number of aryl methyl sites for hydroxylation is 1. The van der Waals surface area contributed by atoms with Crippen LogP contribution in [0.2, 0.25) is 0 Å². The molecule has 1 unspecified atom stereocenters. The molecule has 2 fully saturated rings. The van der Waals surface area contributed by atoms with Gasteiger partial charge in [-0.05, 0) is 38.8 Å². The lowest BCUT2D eigenvalue weighted by molar-refractivity contribution is -0.116. The molecule has 4 nitrogen and oxygen atoms in total. The van der Waals surface area contributed by atoms with Gasteiger partial charge in [0.2, 0.25) is 5.91 Å². The molecule has 0 bridgehead atoms. The summed E-state index contributed by atoms with van der Waals surface area (Å²) in [5.74, 6) is 1.05. The highest BCUT2D eigenvalue weighted by Crippen LogP contribution is 2.29. The molecule has 2 aliphatic rings. The number of carbonyl (C=O) groups excluding carboxylic acids is 1. The second kappa shape index (κ2) is 10.2. The second-order valence-electron chi connectivity index (χ2n) is 7.07. The maximum atomic E-state index is 12.4. The quantitative estimate of drug-likeness (QED) is 0.773. The Morgan fingerprint density at radius 1 is 1.23 bits per heavy atom. The van der Waals surface area contributed by atoms with Gasteiger partial charge in [0.15, 0.2) is 5.17 Å². The summed E-state index contributed by atoms with van der Waals surface area (Å²) in [6, 6.07) is 8.71. The maximum absolute atomic E-state index is 12.4. The first-order valence-corrected chi connectivity index (χ1v) is 10.5. The Kier molecular flexibility index (Phi) is 8.29. The summed E-state index contributed by atoms with van der Waals surface area (Å²) in [5, 5.41) is 4.18. The van der Waals surface area contributed by atoms with Crippen LogP contribution in [0.25, 0.3) is 0 Å². The molecule has 144 valence electrons. The van der Waals surface area contributed by atoms with E-state index >= 15 is 0 Å². The van der Waals surface area contributed by atoms with Gasteiger partial charge < -0.3 is 10.2 Å². The summed E-state index contributed by atoms with van der Waals surface area (Å²) < 4.78 is 0. The Bertz CT molecular complexity index is 614. The van der Waals surface area contributed by atoms with Crippen molar-refractivity contribution in [2.45, 2.75) is 64.5 Å². The van der Waals surface area contributed by atoms with Crippen molar-refractivity contribution < 1.29 is 4.79 Å². The second-order valence-corrected chi connectivity index (χ2v) is 8.06. The molecule has 1 saturated carbocycles. The van der Waals surface area contributed by atoms with Crippen LogP contribution in [-0.4, -0.2) is 40.4 Å². The van der Waals surface area contributed by atoms with Crippen molar-refractivity contribution >= 4 is 40.9 Å². The summed E-state index contributed by atoms with van der Waals surface area (Å²) in [6.07, 6.45) is 6.94. The number of aliphatic imine (C=N–C) groups is 1. The number of halogens is 1. The lowest BCUT2D eigenvalue weighted by Crippen LogP contribution is -2.37. The Balaban J connectivity index is 0.00000243. The molecule has 1 N–H and O–H groups in total. The number of hydrogen-bond acceptors (Lipinski definition) is 3. The van der Waals surface area contributed by atoms with Crippen LogP contribution < -0.4 is 5.32 Å². The predicted octanol–water partition coefficient (Wildman–Crippen LogP) is 4.87. The monoisotopic (exact) mass is 395 g/mol. The van der Waals surface area contributed by atoms with E-state index in [2.05, 4.69) is 17.1 Å². The van der Waals surface area contributed by atoms with Crippen molar-refractivity contribution in [2.24, 2.45) is 4.99 Å². The van der Waals surface area contributed by atoms with Gasteiger partial charge in [-0.3, -0.25) is 9.79 Å². The number of nitrogens with zero attached hydrogens (tertiary/aromatic N) is 2. The Labute approximate surface area is 167 Å². The Morgan fingerprint density at radius 2 is 1.92 bits per heavy atom. The number of hydrogen-bond donors (Lipinski definition) is 1. The highest BCUT2D eigenvalue weighted by molar-refractivity contribution is 8.14. The molecule has 0 radical (unpaired) electrons. The lowest BCUT2D eigenvalue weighted by atomic mass is 9.96. The van der Waals surface area contributed by atoms with E-state index in [0.717, 1.165) is 23.2 Å². The lowest BCUT2D eigenvalue weighted by Gasteiger charge is -2.26. The number of amides is 1. The number of amidine groups is 1. The minimum atomic E-state index is 0. The number of anilines is 1. The number of benzene rings is 1. The third kappa shape index (κ3) is 5.65. The van der Waals surface area contributed by atoms with E-state index in [0.29, 0.717) is 12.5 Å². The van der Waals surface area contributed by atoms with Gasteiger partial charge in [-0.25, -0.2) is 0 Å². The molecule has 1 aliphatic heterocycles. The first-order chi connectivity index (χ1) is 12.2. The van der Waals surface area contributed by atoms with E-state index in [4.69, 9.17) is 4.99 Å². The molecule has 1 aromatic carbocycles. The topological polar surface area (TPSA) is 44.7 Å². The van der Waals surface area contributed by atoms with Gasteiger partial charge in [-0.15, -0.1) is 12.4 Å². The molecule has 1 aromatic rings. The molecular weight excluding hydrogens is 366 g/mol. The highest BCUT2D eigenvalue weighted by Gasteiger charge is 2.31. The molecule has 1 amide bonds. The first-order valence-electron chi connectivity index (χ1n) is 9.49. The van der Waals surface area contributed by atoms with Gasteiger partial charge in [0, 0.05) is 30.4 Å². The molecule has 26 heavy (non-hydrogen) atoms. The van der Waals surface area contributed by atoms with Crippen LogP contribution in [0.5, 0.6) is 0 Å². The number of thioether (sulfide) groups is 1. The molecule has 1 atom stereocenters. The molecule has 1 saturated heterocycles. The van der Waals surface area contributed by atoms with Crippen LogP contribution in [0.15, 0.2) is 29.3 Å². The van der Waals surface area contributed by atoms with Crippen molar-refractivity contribution in [1.82, 2.24) is 4.90 Å². The van der Waals surface area contributed by atoms with Gasteiger partial charge in [0.1, 0.15) is 0 Å². The van der Waals surface area contributed by atoms with E-state index < -0.39 is 0 Å². The SMILES string of the molecule is CCN1/C(=N/C2CCCCC2)SCC1CC(=O)Nc1ccc(C)cc1.Cl. The highest BCUT2D eigenvalue weighted by atomic mass is 35.5. The number of carbonyl (C=O) groups is 1. The standard InChI is InChI=1S/C20H29N3OS.ClH/c1-3-23-18(13-19(24)21-17-11-9-15(2)10-12-17)14-25-20(23)22-16-7-5-4-6-8-16;/h9-12,16,18H,3-8,13-14H2,1-2H3,(H,21,24);1H/b22-20-;. The smallest absolute Gasteiger partial charge is 0.226 e. The van der Waals surface area contributed by atoms with Gasteiger partial charge >= 0.3 is 0 Å². The van der Waals surface area contributed by atoms with Crippen LogP contribution >= 0.6 is 24.2 Å². The molecular formula is C20H30ClN3OS. The third-order valence-electron chi connectivity index (χ3n) is 5.06. The van der Waals surface area contributed by atoms with E-state index in [1.165, 1.54) is 37.7 Å². The van der Waals surface area contributed by atoms with Crippen LogP contribution in [0.4, 0.5) is 5.69 Å². The van der Waals surface area contributed by atoms with Gasteiger partial charge in [0.05, 0.1) is 6.04 Å². The fourth-order valence-corrected chi connectivity index (χ4v) is 4.91. The molecule has 0 aromatic heterocycles. The molecule has 1 aliphatic carbocycles. The Hall–Kier alpha value is -1.20. The van der Waals surface area contributed by atoms with Crippen LogP contribution in [0.3, 0.4) is 0 Å². The average Bonchev–Trinajstić information content (AvgIpc) is 2.99. The van der Waals surface area contributed by atoms with E-state index in [-0.39, 0.29) is 24.4 Å². The van der Waals surface area contributed by atoms with Crippen LogP contribution in [0, 0.1) is 6.92 Å². The van der Waals surface area contributed by atoms with Gasteiger partial charge in [-0.2, -0.15) is 0 Å². The van der Waals surface area contributed by atoms with E-state index in [9.17, 15) is 4.79 Å². The molecule has 0 spiro atoms. The minimum Gasteiger partial charge on any atom is -0.347 e. The zero-order valence-electron chi connectivity index (χ0n) is 15.7. The maximum Gasteiger partial charge on any atom is 0.226 e. The van der Waals surface area contributed by atoms with Crippen LogP contribution in [0.1, 0.15) is 51.0 Å². The van der Waals surface area contributed by atoms with E-state index in [1.807, 2.05) is 43.0 Å². The molecule has 6 heteroatoms. The van der Waals surface area contributed by atoms with E-state index in [1.54, 1.807) is 0 Å². The fourth-order valence-electron chi connectivity index (χ4n) is 3.60. The largest absolute Gasteiger partial charge is 0.347 e. The predicted molar refractivity (Wildman–Crippen MR) is 115 cm³/mol. The fraction of sp³-hybridized carbons (Fsp3) is 0.600.